The largest absolute Gasteiger partial charge is 0.481 e. The molecule has 144 valence electrons. The maximum absolute atomic E-state index is 12.4. The molecule has 0 aliphatic heterocycles. The summed E-state index contributed by atoms with van der Waals surface area (Å²) in [5.41, 5.74) is 3.11. The minimum atomic E-state index is -0.649. The van der Waals surface area contributed by atoms with Crippen LogP contribution < -0.4 is 10.1 Å². The first-order chi connectivity index (χ1) is 12.9. The quantitative estimate of drug-likeness (QED) is 0.543. The zero-order valence-electron chi connectivity index (χ0n) is 16.4. The van der Waals surface area contributed by atoms with Gasteiger partial charge >= 0.3 is 5.97 Å². The van der Waals surface area contributed by atoms with Crippen molar-refractivity contribution in [1.82, 2.24) is 0 Å². The van der Waals surface area contributed by atoms with Gasteiger partial charge in [0.05, 0.1) is 12.2 Å². The van der Waals surface area contributed by atoms with E-state index in [1.807, 2.05) is 39.0 Å². The summed E-state index contributed by atoms with van der Waals surface area (Å²) in [6.45, 7) is 8.08. The van der Waals surface area contributed by atoms with Crippen LogP contribution in [0.25, 0.3) is 0 Å². The molecule has 27 heavy (non-hydrogen) atoms. The first-order valence-electron chi connectivity index (χ1n) is 9.22. The van der Waals surface area contributed by atoms with Gasteiger partial charge in [-0.1, -0.05) is 25.5 Å². The fourth-order valence-electron chi connectivity index (χ4n) is 2.40. The van der Waals surface area contributed by atoms with Crippen molar-refractivity contribution in [1.29, 1.82) is 0 Å². The Morgan fingerprint density at radius 2 is 1.78 bits per heavy atom. The van der Waals surface area contributed by atoms with E-state index >= 15 is 0 Å². The van der Waals surface area contributed by atoms with Crippen LogP contribution in [-0.2, 0) is 9.53 Å². The third kappa shape index (κ3) is 6.13. The number of hydrogen-bond donors (Lipinski definition) is 1. The summed E-state index contributed by atoms with van der Waals surface area (Å²) < 4.78 is 11.0. The third-order valence-electron chi connectivity index (χ3n) is 4.14. The number of ether oxygens (including phenoxy) is 2. The van der Waals surface area contributed by atoms with Crippen LogP contribution in [0.3, 0.4) is 0 Å². The van der Waals surface area contributed by atoms with E-state index in [4.69, 9.17) is 9.47 Å². The summed E-state index contributed by atoms with van der Waals surface area (Å²) in [5, 5.41) is 2.80. The van der Waals surface area contributed by atoms with Gasteiger partial charge in [0.1, 0.15) is 5.75 Å². The second-order valence-corrected chi connectivity index (χ2v) is 6.59. The summed E-state index contributed by atoms with van der Waals surface area (Å²) in [6, 6.07) is 12.5. The van der Waals surface area contributed by atoms with E-state index in [0.29, 0.717) is 23.6 Å². The van der Waals surface area contributed by atoms with E-state index in [-0.39, 0.29) is 11.9 Å². The number of carbonyl (C=O) groups is 2. The second kappa shape index (κ2) is 9.76. The number of unbranched alkanes of at least 4 members (excludes halogenated alkanes) is 1. The molecule has 0 saturated carbocycles. The number of esters is 1. The third-order valence-corrected chi connectivity index (χ3v) is 4.14. The fourth-order valence-corrected chi connectivity index (χ4v) is 2.40. The second-order valence-electron chi connectivity index (χ2n) is 6.59. The topological polar surface area (TPSA) is 64.6 Å². The number of rotatable bonds is 8. The molecule has 2 aromatic carbocycles. The Morgan fingerprint density at radius 1 is 1.07 bits per heavy atom. The molecule has 5 nitrogen and oxygen atoms in total. The highest BCUT2D eigenvalue weighted by atomic mass is 16.5. The first-order valence-corrected chi connectivity index (χ1v) is 9.22. The molecule has 0 fully saturated rings. The van der Waals surface area contributed by atoms with Crippen LogP contribution in [-0.4, -0.2) is 24.6 Å². The first kappa shape index (κ1) is 20.5. The number of nitrogens with one attached hydrogen (secondary N) is 1. The molecule has 0 aliphatic carbocycles. The van der Waals surface area contributed by atoms with E-state index in [1.165, 1.54) is 0 Å². The lowest BCUT2D eigenvalue weighted by Crippen LogP contribution is -2.30. The number of carbonyl (C=O) groups excluding carboxylic acids is 2. The van der Waals surface area contributed by atoms with Crippen LogP contribution in [0.1, 0.15) is 48.2 Å². The van der Waals surface area contributed by atoms with E-state index in [9.17, 15) is 9.59 Å². The molecule has 5 heteroatoms. The Kier molecular flexibility index (Phi) is 7.41. The Bertz CT molecular complexity index is 783. The monoisotopic (exact) mass is 369 g/mol. The van der Waals surface area contributed by atoms with Crippen molar-refractivity contribution in [3.8, 4) is 5.75 Å². The molecule has 1 atom stereocenters. The molecule has 2 aromatic rings. The van der Waals surface area contributed by atoms with Gasteiger partial charge in [0.2, 0.25) is 0 Å². The van der Waals surface area contributed by atoms with Crippen LogP contribution in [0.2, 0.25) is 0 Å². The summed E-state index contributed by atoms with van der Waals surface area (Å²) in [6.07, 6.45) is 1.17. The highest BCUT2D eigenvalue weighted by molar-refractivity contribution is 5.95. The standard InChI is InChI=1S/C22H27NO4/c1-5-6-13-26-22(25)18-9-11-19(12-10-18)23-21(24)17(4)27-20-14-15(2)7-8-16(20)3/h7-12,14,17H,5-6,13H2,1-4H3,(H,23,24). The van der Waals surface area contributed by atoms with Crippen molar-refractivity contribution in [2.45, 2.75) is 46.6 Å². The molecule has 0 heterocycles. The van der Waals surface area contributed by atoms with Gasteiger partial charge < -0.3 is 14.8 Å². The van der Waals surface area contributed by atoms with Crippen LogP contribution >= 0.6 is 0 Å². The minimum absolute atomic E-state index is 0.255. The smallest absolute Gasteiger partial charge is 0.338 e. The Balaban J connectivity index is 1.93. The zero-order chi connectivity index (χ0) is 19.8. The van der Waals surface area contributed by atoms with Gasteiger partial charge in [-0.2, -0.15) is 0 Å². The Hall–Kier alpha value is -2.82. The molecular weight excluding hydrogens is 342 g/mol. The molecule has 0 aliphatic rings. The lowest BCUT2D eigenvalue weighted by Gasteiger charge is -2.17. The van der Waals surface area contributed by atoms with Crippen LogP contribution in [0.15, 0.2) is 42.5 Å². The van der Waals surface area contributed by atoms with E-state index in [0.717, 1.165) is 24.0 Å². The predicted molar refractivity (Wildman–Crippen MR) is 106 cm³/mol. The Morgan fingerprint density at radius 3 is 2.44 bits per heavy atom. The van der Waals surface area contributed by atoms with Crippen LogP contribution in [0.4, 0.5) is 5.69 Å². The fraction of sp³-hybridized carbons (Fsp3) is 0.364. The van der Waals surface area contributed by atoms with E-state index in [2.05, 4.69) is 5.32 Å². The van der Waals surface area contributed by atoms with Crippen molar-refractivity contribution in [2.24, 2.45) is 0 Å². The Labute approximate surface area is 160 Å². The van der Waals surface area contributed by atoms with Gasteiger partial charge in [-0.25, -0.2) is 4.79 Å². The summed E-state index contributed by atoms with van der Waals surface area (Å²) >= 11 is 0. The molecule has 0 bridgehead atoms. The highest BCUT2D eigenvalue weighted by Crippen LogP contribution is 2.21. The maximum Gasteiger partial charge on any atom is 0.338 e. The molecular formula is C22H27NO4. The number of aryl methyl sites for hydroxylation is 2. The number of benzene rings is 2. The molecule has 2 rings (SSSR count). The van der Waals surface area contributed by atoms with Gasteiger partial charge in [-0.05, 0) is 68.7 Å². The SMILES string of the molecule is CCCCOC(=O)c1ccc(NC(=O)C(C)Oc2cc(C)ccc2C)cc1. The lowest BCUT2D eigenvalue weighted by molar-refractivity contribution is -0.122. The molecule has 1 unspecified atom stereocenters. The van der Waals surface area contributed by atoms with Crippen molar-refractivity contribution < 1.29 is 19.1 Å². The predicted octanol–water partition coefficient (Wildman–Crippen LogP) is 4.67. The average Bonchev–Trinajstić information content (AvgIpc) is 2.65. The molecule has 1 amide bonds. The molecule has 1 N–H and O–H groups in total. The summed E-state index contributed by atoms with van der Waals surface area (Å²) in [4.78, 5) is 24.3. The highest BCUT2D eigenvalue weighted by Gasteiger charge is 2.16. The lowest BCUT2D eigenvalue weighted by atomic mass is 10.1. The summed E-state index contributed by atoms with van der Waals surface area (Å²) in [5.74, 6) is 0.0879. The molecule has 0 saturated heterocycles. The normalized spacial score (nSPS) is 11.6. The minimum Gasteiger partial charge on any atom is -0.481 e. The van der Waals surface area contributed by atoms with Crippen LogP contribution in [0.5, 0.6) is 5.75 Å². The molecule has 0 radical (unpaired) electrons. The van der Waals surface area contributed by atoms with Gasteiger partial charge in [-0.3, -0.25) is 4.79 Å². The van der Waals surface area contributed by atoms with Crippen molar-refractivity contribution >= 4 is 17.6 Å². The van der Waals surface area contributed by atoms with Gasteiger partial charge in [0.25, 0.3) is 5.91 Å². The van der Waals surface area contributed by atoms with Crippen molar-refractivity contribution in [3.05, 3.63) is 59.2 Å². The van der Waals surface area contributed by atoms with Gasteiger partial charge in [-0.15, -0.1) is 0 Å². The van der Waals surface area contributed by atoms with E-state index in [1.54, 1.807) is 31.2 Å². The number of anilines is 1. The van der Waals surface area contributed by atoms with Gasteiger partial charge in [0.15, 0.2) is 6.10 Å². The molecule has 0 spiro atoms. The van der Waals surface area contributed by atoms with Gasteiger partial charge in [0, 0.05) is 5.69 Å². The van der Waals surface area contributed by atoms with E-state index < -0.39 is 6.10 Å². The van der Waals surface area contributed by atoms with Crippen LogP contribution in [0, 0.1) is 13.8 Å². The average molecular weight is 369 g/mol. The molecule has 0 aromatic heterocycles. The van der Waals surface area contributed by atoms with Crippen molar-refractivity contribution in [2.75, 3.05) is 11.9 Å². The van der Waals surface area contributed by atoms with Crippen molar-refractivity contribution in [3.63, 3.8) is 0 Å². The zero-order valence-corrected chi connectivity index (χ0v) is 16.4. The maximum atomic E-state index is 12.4. The number of hydrogen-bond acceptors (Lipinski definition) is 4. The summed E-state index contributed by atoms with van der Waals surface area (Å²) in [7, 11) is 0. The number of amides is 1.